The van der Waals surface area contributed by atoms with Gasteiger partial charge in [0.15, 0.2) is 5.82 Å². The van der Waals surface area contributed by atoms with E-state index in [1.54, 1.807) is 0 Å². The number of non-ortho nitro benzene ring substituents is 1. The van der Waals surface area contributed by atoms with E-state index in [1.165, 1.54) is 12.1 Å². The molecule has 0 aliphatic carbocycles. The Kier molecular flexibility index (Phi) is 3.83. The first-order valence-electron chi connectivity index (χ1n) is 5.45. The zero-order valence-electron chi connectivity index (χ0n) is 9.26. The van der Waals surface area contributed by atoms with Crippen molar-refractivity contribution in [2.24, 2.45) is 0 Å². The van der Waals surface area contributed by atoms with Crippen molar-refractivity contribution >= 4 is 23.1 Å². The van der Waals surface area contributed by atoms with Crippen molar-refractivity contribution < 1.29 is 9.31 Å². The molecule has 0 radical (unpaired) electrons. The molecule has 0 N–H and O–H groups in total. The maximum Gasteiger partial charge on any atom is 0.272 e. The van der Waals surface area contributed by atoms with Crippen LogP contribution in [0, 0.1) is 15.9 Å². The van der Waals surface area contributed by atoms with Crippen molar-refractivity contribution in [3.05, 3.63) is 34.1 Å². The largest absolute Gasteiger partial charge is 0.368 e. The van der Waals surface area contributed by atoms with Crippen LogP contribution >= 0.6 is 11.8 Å². The van der Waals surface area contributed by atoms with Gasteiger partial charge in [-0.2, -0.15) is 11.8 Å². The molecular formula is C11H13FN2O2S. The summed E-state index contributed by atoms with van der Waals surface area (Å²) in [4.78, 5) is 11.9. The molecule has 0 atom stereocenters. The summed E-state index contributed by atoms with van der Waals surface area (Å²) in [6, 6.07) is 3.85. The molecule has 1 fully saturated rings. The number of rotatable bonds is 2. The van der Waals surface area contributed by atoms with Crippen molar-refractivity contribution in [2.45, 2.75) is 6.42 Å². The van der Waals surface area contributed by atoms with Crippen LogP contribution in [-0.4, -0.2) is 29.5 Å². The molecule has 0 spiro atoms. The molecule has 2 rings (SSSR count). The van der Waals surface area contributed by atoms with Gasteiger partial charge in [0.05, 0.1) is 16.7 Å². The minimum atomic E-state index is -0.578. The van der Waals surface area contributed by atoms with Gasteiger partial charge in [0, 0.05) is 24.9 Å². The Hall–Kier alpha value is -1.30. The number of thioether (sulfide) groups is 1. The Morgan fingerprint density at radius 2 is 2.18 bits per heavy atom. The zero-order valence-corrected chi connectivity index (χ0v) is 10.1. The Bertz CT molecular complexity index is 420. The second kappa shape index (κ2) is 5.35. The van der Waals surface area contributed by atoms with Crippen LogP contribution < -0.4 is 4.90 Å². The van der Waals surface area contributed by atoms with Crippen molar-refractivity contribution in [3.63, 3.8) is 0 Å². The molecule has 0 saturated carbocycles. The molecule has 1 aliphatic rings. The normalized spacial score (nSPS) is 16.6. The predicted molar refractivity (Wildman–Crippen MR) is 67.2 cm³/mol. The Labute approximate surface area is 103 Å². The molecule has 1 aromatic rings. The summed E-state index contributed by atoms with van der Waals surface area (Å²) >= 11 is 1.86. The van der Waals surface area contributed by atoms with Gasteiger partial charge in [0.1, 0.15) is 0 Å². The van der Waals surface area contributed by atoms with Crippen LogP contribution in [0.1, 0.15) is 6.42 Å². The summed E-state index contributed by atoms with van der Waals surface area (Å²) in [6.07, 6.45) is 1.01. The smallest absolute Gasteiger partial charge is 0.272 e. The van der Waals surface area contributed by atoms with Crippen molar-refractivity contribution in [3.8, 4) is 0 Å². The van der Waals surface area contributed by atoms with Crippen molar-refractivity contribution in [1.29, 1.82) is 0 Å². The molecule has 6 heteroatoms. The van der Waals surface area contributed by atoms with Crippen LogP contribution in [0.3, 0.4) is 0 Å². The summed E-state index contributed by atoms with van der Waals surface area (Å²) in [5, 5.41) is 10.5. The molecule has 0 bridgehead atoms. The van der Waals surface area contributed by atoms with E-state index in [0.29, 0.717) is 5.69 Å². The fourth-order valence-electron chi connectivity index (χ4n) is 1.85. The Morgan fingerprint density at radius 1 is 1.35 bits per heavy atom. The summed E-state index contributed by atoms with van der Waals surface area (Å²) in [7, 11) is 0. The van der Waals surface area contributed by atoms with Crippen LogP contribution in [0.25, 0.3) is 0 Å². The molecule has 0 aromatic heterocycles. The second-order valence-corrected chi connectivity index (χ2v) is 5.07. The number of hydrogen-bond acceptors (Lipinski definition) is 4. The molecule has 92 valence electrons. The maximum absolute atomic E-state index is 13.8. The van der Waals surface area contributed by atoms with E-state index in [9.17, 15) is 14.5 Å². The SMILES string of the molecule is O=[N+]([O-])c1ccc(N2CCCSCC2)c(F)c1. The summed E-state index contributed by atoms with van der Waals surface area (Å²) in [5.41, 5.74) is 0.272. The Balaban J connectivity index is 2.22. The van der Waals surface area contributed by atoms with Gasteiger partial charge >= 0.3 is 0 Å². The highest BCUT2D eigenvalue weighted by atomic mass is 32.2. The number of halogens is 1. The number of nitrogens with zero attached hydrogens (tertiary/aromatic N) is 2. The van der Waals surface area contributed by atoms with Crippen molar-refractivity contribution in [2.75, 3.05) is 29.5 Å². The second-order valence-electron chi connectivity index (χ2n) is 3.85. The molecule has 17 heavy (non-hydrogen) atoms. The lowest BCUT2D eigenvalue weighted by molar-refractivity contribution is -0.385. The fourth-order valence-corrected chi connectivity index (χ4v) is 2.74. The maximum atomic E-state index is 13.8. The number of benzene rings is 1. The van der Waals surface area contributed by atoms with E-state index in [-0.39, 0.29) is 5.69 Å². The molecule has 4 nitrogen and oxygen atoms in total. The van der Waals surface area contributed by atoms with Crippen molar-refractivity contribution in [1.82, 2.24) is 0 Å². The predicted octanol–water partition coefficient (Wildman–Crippen LogP) is 2.68. The van der Waals surface area contributed by atoms with E-state index in [1.807, 2.05) is 16.7 Å². The lowest BCUT2D eigenvalue weighted by Gasteiger charge is -2.22. The minimum Gasteiger partial charge on any atom is -0.368 e. The quantitative estimate of drug-likeness (QED) is 0.603. The minimum absolute atomic E-state index is 0.199. The van der Waals surface area contributed by atoms with E-state index >= 15 is 0 Å². The first kappa shape index (κ1) is 12.2. The van der Waals surface area contributed by atoms with Gasteiger partial charge in [-0.05, 0) is 18.2 Å². The van der Waals surface area contributed by atoms with Gasteiger partial charge in [-0.25, -0.2) is 4.39 Å². The van der Waals surface area contributed by atoms with Gasteiger partial charge in [-0.15, -0.1) is 0 Å². The molecule has 0 amide bonds. The van der Waals surface area contributed by atoms with E-state index in [4.69, 9.17) is 0 Å². The molecule has 1 aromatic carbocycles. The molecular weight excluding hydrogens is 243 g/mol. The van der Waals surface area contributed by atoms with E-state index < -0.39 is 10.7 Å². The lowest BCUT2D eigenvalue weighted by Crippen LogP contribution is -2.26. The molecule has 1 heterocycles. The van der Waals surface area contributed by atoms with Crippen LogP contribution in [-0.2, 0) is 0 Å². The number of nitro groups is 1. The van der Waals surface area contributed by atoms with E-state index in [0.717, 1.165) is 37.1 Å². The highest BCUT2D eigenvalue weighted by molar-refractivity contribution is 7.99. The highest BCUT2D eigenvalue weighted by Gasteiger charge is 2.16. The molecule has 1 saturated heterocycles. The molecule has 1 aliphatic heterocycles. The van der Waals surface area contributed by atoms with Gasteiger partial charge < -0.3 is 4.90 Å². The number of nitro benzene ring substituents is 1. The van der Waals surface area contributed by atoms with Gasteiger partial charge in [0.2, 0.25) is 0 Å². The topological polar surface area (TPSA) is 46.4 Å². The number of anilines is 1. The monoisotopic (exact) mass is 256 g/mol. The van der Waals surface area contributed by atoms with Gasteiger partial charge in [-0.1, -0.05) is 0 Å². The molecule has 0 unspecified atom stereocenters. The first-order valence-corrected chi connectivity index (χ1v) is 6.60. The van der Waals surface area contributed by atoms with Crippen LogP contribution in [0.2, 0.25) is 0 Å². The lowest BCUT2D eigenvalue weighted by atomic mass is 10.2. The number of hydrogen-bond donors (Lipinski definition) is 0. The third-order valence-corrected chi connectivity index (χ3v) is 3.75. The Morgan fingerprint density at radius 3 is 2.88 bits per heavy atom. The van der Waals surface area contributed by atoms with Crippen LogP contribution in [0.5, 0.6) is 0 Å². The van der Waals surface area contributed by atoms with Crippen LogP contribution in [0.4, 0.5) is 15.8 Å². The first-order chi connectivity index (χ1) is 8.18. The zero-order chi connectivity index (χ0) is 12.3. The standard InChI is InChI=1S/C11H13FN2O2S/c12-10-8-9(14(15)16)2-3-11(10)13-4-1-6-17-7-5-13/h2-3,8H,1,4-7H2. The summed E-state index contributed by atoms with van der Waals surface area (Å²) in [5.74, 6) is 1.55. The summed E-state index contributed by atoms with van der Waals surface area (Å²) < 4.78 is 13.8. The van der Waals surface area contributed by atoms with Gasteiger partial charge in [-0.3, -0.25) is 10.1 Å². The van der Waals surface area contributed by atoms with Gasteiger partial charge in [0.25, 0.3) is 5.69 Å². The third-order valence-electron chi connectivity index (χ3n) is 2.71. The van der Waals surface area contributed by atoms with Crippen LogP contribution in [0.15, 0.2) is 18.2 Å². The summed E-state index contributed by atoms with van der Waals surface area (Å²) in [6.45, 7) is 1.60. The third kappa shape index (κ3) is 2.88. The average molecular weight is 256 g/mol. The van der Waals surface area contributed by atoms with E-state index in [2.05, 4.69) is 0 Å². The fraction of sp³-hybridized carbons (Fsp3) is 0.455. The highest BCUT2D eigenvalue weighted by Crippen LogP contribution is 2.25. The average Bonchev–Trinajstić information content (AvgIpc) is 2.57.